The van der Waals surface area contributed by atoms with E-state index in [2.05, 4.69) is 10.1 Å². The Labute approximate surface area is 105 Å². The summed E-state index contributed by atoms with van der Waals surface area (Å²) in [7, 11) is 0. The Hall–Kier alpha value is -1.91. The van der Waals surface area contributed by atoms with Gasteiger partial charge in [-0.1, -0.05) is 13.8 Å². The molecule has 0 saturated heterocycles. The lowest BCUT2D eigenvalue weighted by Crippen LogP contribution is -2.27. The van der Waals surface area contributed by atoms with E-state index in [9.17, 15) is 14.0 Å². The van der Waals surface area contributed by atoms with Crippen LogP contribution < -0.4 is 10.1 Å². The zero-order chi connectivity index (χ0) is 13.7. The fourth-order valence-electron chi connectivity index (χ4n) is 1.28. The van der Waals surface area contributed by atoms with Crippen LogP contribution in [0.25, 0.3) is 0 Å². The van der Waals surface area contributed by atoms with Crippen LogP contribution in [-0.4, -0.2) is 18.4 Å². The molecule has 0 unspecified atom stereocenters. The molecule has 1 rings (SSSR count). The minimum absolute atomic E-state index is 0.178. The molecule has 0 heterocycles. The van der Waals surface area contributed by atoms with Crippen LogP contribution in [0, 0.1) is 11.7 Å². The number of hydrogen-bond donors (Lipinski definition) is 1. The fraction of sp³-hybridized carbons (Fsp3) is 0.385. The Morgan fingerprint density at radius 3 is 2.56 bits per heavy atom. The number of carbonyl (C=O) groups is 2. The van der Waals surface area contributed by atoms with Gasteiger partial charge in [0.25, 0.3) is 5.91 Å². The predicted molar refractivity (Wildman–Crippen MR) is 64.9 cm³/mol. The number of nitrogens with one attached hydrogen (secondary N) is 1. The topological polar surface area (TPSA) is 55.4 Å². The third kappa shape index (κ3) is 4.16. The predicted octanol–water partition coefficient (Wildman–Crippen LogP) is 2.14. The highest BCUT2D eigenvalue weighted by Crippen LogP contribution is 2.18. The van der Waals surface area contributed by atoms with Gasteiger partial charge >= 0.3 is 5.97 Å². The summed E-state index contributed by atoms with van der Waals surface area (Å²) < 4.78 is 18.1. The maximum atomic E-state index is 13.5. The molecular weight excluding hydrogens is 237 g/mol. The van der Waals surface area contributed by atoms with Crippen LogP contribution in [0.3, 0.4) is 0 Å². The lowest BCUT2D eigenvalue weighted by molar-refractivity contribution is -0.132. The van der Waals surface area contributed by atoms with E-state index in [1.807, 2.05) is 13.8 Å². The summed E-state index contributed by atoms with van der Waals surface area (Å²) in [5.74, 6) is -1.55. The van der Waals surface area contributed by atoms with Crippen molar-refractivity contribution >= 4 is 11.9 Å². The molecule has 0 spiro atoms. The Morgan fingerprint density at radius 1 is 1.39 bits per heavy atom. The van der Waals surface area contributed by atoms with E-state index in [1.165, 1.54) is 19.1 Å². The second-order valence-corrected chi connectivity index (χ2v) is 4.34. The monoisotopic (exact) mass is 253 g/mol. The number of amides is 1. The number of hydrogen-bond acceptors (Lipinski definition) is 3. The molecule has 1 N–H and O–H groups in total. The average Bonchev–Trinajstić information content (AvgIpc) is 2.28. The van der Waals surface area contributed by atoms with Crippen LogP contribution in [0.5, 0.6) is 5.75 Å². The minimum Gasteiger partial charge on any atom is -0.424 e. The van der Waals surface area contributed by atoms with Crippen molar-refractivity contribution in [2.75, 3.05) is 6.54 Å². The molecule has 0 aliphatic heterocycles. The SMILES string of the molecule is CC(=O)Oc1ccc(C(=O)NCC(C)C)cc1F. The average molecular weight is 253 g/mol. The first-order valence-corrected chi connectivity index (χ1v) is 5.66. The van der Waals surface area contributed by atoms with Gasteiger partial charge in [-0.05, 0) is 24.1 Å². The molecule has 0 bridgehead atoms. The van der Waals surface area contributed by atoms with Gasteiger partial charge < -0.3 is 10.1 Å². The van der Waals surface area contributed by atoms with Gasteiger partial charge in [0.1, 0.15) is 0 Å². The van der Waals surface area contributed by atoms with E-state index < -0.39 is 11.8 Å². The summed E-state index contributed by atoms with van der Waals surface area (Å²) >= 11 is 0. The van der Waals surface area contributed by atoms with Crippen LogP contribution in [0.1, 0.15) is 31.1 Å². The smallest absolute Gasteiger partial charge is 0.308 e. The highest BCUT2D eigenvalue weighted by Gasteiger charge is 2.11. The fourth-order valence-corrected chi connectivity index (χ4v) is 1.28. The van der Waals surface area contributed by atoms with Crippen LogP contribution in [0.2, 0.25) is 0 Å². The first-order chi connectivity index (χ1) is 8.40. The molecule has 0 aliphatic rings. The van der Waals surface area contributed by atoms with Gasteiger partial charge in [-0.3, -0.25) is 9.59 Å². The van der Waals surface area contributed by atoms with Gasteiger partial charge in [-0.15, -0.1) is 0 Å². The molecule has 0 fully saturated rings. The molecule has 1 aromatic carbocycles. The van der Waals surface area contributed by atoms with Crippen LogP contribution in [-0.2, 0) is 4.79 Å². The van der Waals surface area contributed by atoms with Crippen molar-refractivity contribution in [2.24, 2.45) is 5.92 Å². The number of ether oxygens (including phenoxy) is 1. The normalized spacial score (nSPS) is 10.3. The summed E-state index contributed by atoms with van der Waals surface area (Å²) in [5, 5.41) is 2.67. The quantitative estimate of drug-likeness (QED) is 0.660. The summed E-state index contributed by atoms with van der Waals surface area (Å²) in [6.07, 6.45) is 0. The van der Waals surface area contributed by atoms with Crippen molar-refractivity contribution in [3.8, 4) is 5.75 Å². The zero-order valence-electron chi connectivity index (χ0n) is 10.6. The molecule has 0 atom stereocenters. The lowest BCUT2D eigenvalue weighted by atomic mass is 10.1. The highest BCUT2D eigenvalue weighted by atomic mass is 19.1. The molecule has 0 saturated carbocycles. The largest absolute Gasteiger partial charge is 0.424 e. The minimum atomic E-state index is -0.734. The number of benzene rings is 1. The summed E-state index contributed by atoms with van der Waals surface area (Å²) in [5.41, 5.74) is 0.198. The summed E-state index contributed by atoms with van der Waals surface area (Å²) in [4.78, 5) is 22.3. The zero-order valence-corrected chi connectivity index (χ0v) is 10.6. The van der Waals surface area contributed by atoms with Crippen molar-refractivity contribution in [1.29, 1.82) is 0 Å². The van der Waals surface area contributed by atoms with Crippen LogP contribution in [0.15, 0.2) is 18.2 Å². The molecule has 1 aromatic rings. The molecule has 5 heteroatoms. The summed E-state index contributed by atoms with van der Waals surface area (Å²) in [6, 6.07) is 3.73. The van der Waals surface area contributed by atoms with E-state index in [4.69, 9.17) is 0 Å². The van der Waals surface area contributed by atoms with Gasteiger partial charge in [0, 0.05) is 19.0 Å². The Balaban J connectivity index is 2.77. The van der Waals surface area contributed by atoms with Crippen molar-refractivity contribution in [3.63, 3.8) is 0 Å². The van der Waals surface area contributed by atoms with Gasteiger partial charge in [0.05, 0.1) is 0 Å². The summed E-state index contributed by atoms with van der Waals surface area (Å²) in [6.45, 7) is 5.63. The van der Waals surface area contributed by atoms with Crippen LogP contribution >= 0.6 is 0 Å². The number of halogens is 1. The molecular formula is C13H16FNO3. The Bertz CT molecular complexity index is 458. The molecule has 18 heavy (non-hydrogen) atoms. The molecule has 1 amide bonds. The molecule has 98 valence electrons. The first-order valence-electron chi connectivity index (χ1n) is 5.66. The maximum absolute atomic E-state index is 13.5. The van der Waals surface area contributed by atoms with Gasteiger partial charge in [0.2, 0.25) is 0 Å². The van der Waals surface area contributed by atoms with E-state index >= 15 is 0 Å². The second-order valence-electron chi connectivity index (χ2n) is 4.34. The van der Waals surface area contributed by atoms with Crippen LogP contribution in [0.4, 0.5) is 4.39 Å². The van der Waals surface area contributed by atoms with Crippen molar-refractivity contribution in [2.45, 2.75) is 20.8 Å². The molecule has 4 nitrogen and oxygen atoms in total. The highest BCUT2D eigenvalue weighted by molar-refractivity contribution is 5.94. The van der Waals surface area contributed by atoms with Crippen molar-refractivity contribution < 1.29 is 18.7 Å². The number of esters is 1. The van der Waals surface area contributed by atoms with E-state index in [0.29, 0.717) is 12.5 Å². The third-order valence-electron chi connectivity index (χ3n) is 2.12. The lowest BCUT2D eigenvalue weighted by Gasteiger charge is -2.08. The van der Waals surface area contributed by atoms with E-state index in [0.717, 1.165) is 6.07 Å². The van der Waals surface area contributed by atoms with Gasteiger partial charge in [-0.25, -0.2) is 4.39 Å². The molecule has 0 aliphatic carbocycles. The van der Waals surface area contributed by atoms with Gasteiger partial charge in [0.15, 0.2) is 11.6 Å². The Kier molecular flexibility index (Phi) is 4.83. The first kappa shape index (κ1) is 14.2. The second kappa shape index (κ2) is 6.14. The third-order valence-corrected chi connectivity index (χ3v) is 2.12. The van der Waals surface area contributed by atoms with E-state index in [-0.39, 0.29) is 17.2 Å². The maximum Gasteiger partial charge on any atom is 0.308 e. The molecule has 0 aromatic heterocycles. The van der Waals surface area contributed by atoms with Crippen molar-refractivity contribution in [3.05, 3.63) is 29.6 Å². The van der Waals surface area contributed by atoms with Crippen molar-refractivity contribution in [1.82, 2.24) is 5.32 Å². The molecule has 0 radical (unpaired) electrons. The number of carbonyl (C=O) groups excluding carboxylic acids is 2. The van der Waals surface area contributed by atoms with E-state index in [1.54, 1.807) is 0 Å². The number of rotatable bonds is 4. The Morgan fingerprint density at radius 2 is 2.06 bits per heavy atom. The standard InChI is InChI=1S/C13H16FNO3/c1-8(2)7-15-13(17)10-4-5-12(11(14)6-10)18-9(3)16/h4-6,8H,7H2,1-3H3,(H,15,17). The van der Waals surface area contributed by atoms with Gasteiger partial charge in [-0.2, -0.15) is 0 Å².